The summed E-state index contributed by atoms with van der Waals surface area (Å²) in [4.78, 5) is 0. The molecule has 3 aliphatic carbocycles. The van der Waals surface area contributed by atoms with Gasteiger partial charge in [-0.2, -0.15) is 4.39 Å². The number of rotatable bonds is 11. The van der Waals surface area contributed by atoms with Crippen LogP contribution < -0.4 is 4.74 Å². The number of unbranched alkanes of at least 4 members (excludes halogenated alkanes) is 2. The molecule has 0 spiro atoms. The van der Waals surface area contributed by atoms with Crippen LogP contribution in [0.5, 0.6) is 5.75 Å². The van der Waals surface area contributed by atoms with Gasteiger partial charge in [0, 0.05) is 0 Å². The van der Waals surface area contributed by atoms with Crippen LogP contribution in [0.15, 0.2) is 12.1 Å². The molecule has 0 N–H and O–H groups in total. The summed E-state index contributed by atoms with van der Waals surface area (Å²) < 4.78 is 35.8. The Balaban J connectivity index is 1.18. The van der Waals surface area contributed by atoms with Crippen LogP contribution in [0, 0.1) is 41.2 Å². The van der Waals surface area contributed by atoms with Gasteiger partial charge in [-0.05, 0) is 111 Å². The molecule has 0 radical (unpaired) electrons. The van der Waals surface area contributed by atoms with Gasteiger partial charge in [0.15, 0.2) is 11.6 Å². The van der Waals surface area contributed by atoms with Gasteiger partial charge in [0.25, 0.3) is 0 Å². The van der Waals surface area contributed by atoms with Crippen molar-refractivity contribution in [2.75, 3.05) is 6.61 Å². The molecule has 3 heteroatoms. The van der Waals surface area contributed by atoms with E-state index in [1.165, 1.54) is 89.9 Å². The van der Waals surface area contributed by atoms with Crippen molar-refractivity contribution in [3.8, 4) is 5.75 Å². The third kappa shape index (κ3) is 7.47. The van der Waals surface area contributed by atoms with E-state index in [4.69, 9.17) is 4.74 Å². The fourth-order valence-corrected chi connectivity index (χ4v) is 7.81. The molecule has 0 bridgehead atoms. The molecule has 1 aromatic carbocycles. The summed E-state index contributed by atoms with van der Waals surface area (Å²) in [7, 11) is 0. The number of ether oxygens (including phenoxy) is 1. The van der Waals surface area contributed by atoms with Crippen LogP contribution in [-0.2, 0) is 0 Å². The summed E-state index contributed by atoms with van der Waals surface area (Å²) in [5.41, 5.74) is 0.565. The lowest BCUT2D eigenvalue weighted by molar-refractivity contribution is 0.120. The zero-order valence-electron chi connectivity index (χ0n) is 23.2. The summed E-state index contributed by atoms with van der Waals surface area (Å²) in [5, 5.41) is 0. The third-order valence-electron chi connectivity index (χ3n) is 10.2. The van der Waals surface area contributed by atoms with E-state index in [-0.39, 0.29) is 11.7 Å². The van der Waals surface area contributed by atoms with Gasteiger partial charge in [0.05, 0.1) is 6.61 Å². The van der Waals surface area contributed by atoms with E-state index in [9.17, 15) is 8.78 Å². The maximum absolute atomic E-state index is 15.0. The minimum Gasteiger partial charge on any atom is -0.490 e. The molecule has 3 saturated carbocycles. The van der Waals surface area contributed by atoms with E-state index in [0.717, 1.165) is 49.4 Å². The Morgan fingerprint density at radius 2 is 1.22 bits per heavy atom. The Morgan fingerprint density at radius 1 is 0.639 bits per heavy atom. The summed E-state index contributed by atoms with van der Waals surface area (Å²) in [5.74, 6) is 2.85. The first-order chi connectivity index (χ1) is 17.6. The van der Waals surface area contributed by atoms with Gasteiger partial charge in [0.2, 0.25) is 5.82 Å². The number of hydrogen-bond acceptors (Lipinski definition) is 1. The van der Waals surface area contributed by atoms with E-state index in [1.54, 1.807) is 12.1 Å². The Kier molecular flexibility index (Phi) is 11.0. The largest absolute Gasteiger partial charge is 0.490 e. The topological polar surface area (TPSA) is 9.23 Å². The highest BCUT2D eigenvalue weighted by Gasteiger charge is 2.31. The number of hydrogen-bond donors (Lipinski definition) is 0. The van der Waals surface area contributed by atoms with Crippen LogP contribution >= 0.6 is 0 Å². The lowest BCUT2D eigenvalue weighted by atomic mass is 9.69. The van der Waals surface area contributed by atoms with Crippen molar-refractivity contribution in [2.45, 2.75) is 135 Å². The molecule has 4 rings (SSSR count). The van der Waals surface area contributed by atoms with Crippen LogP contribution in [-0.4, -0.2) is 6.61 Å². The fourth-order valence-electron chi connectivity index (χ4n) is 7.81. The molecule has 0 aromatic heterocycles. The van der Waals surface area contributed by atoms with E-state index < -0.39 is 11.6 Å². The Labute approximate surface area is 220 Å². The highest BCUT2D eigenvalue weighted by atomic mass is 19.2. The van der Waals surface area contributed by atoms with Crippen molar-refractivity contribution >= 4 is 0 Å². The Bertz CT molecular complexity index is 768. The van der Waals surface area contributed by atoms with Gasteiger partial charge >= 0.3 is 0 Å². The summed E-state index contributed by atoms with van der Waals surface area (Å²) >= 11 is 0. The second-order valence-electron chi connectivity index (χ2n) is 12.7. The van der Waals surface area contributed by atoms with E-state index >= 15 is 0 Å². The standard InChI is InChI=1S/C33H52F2O/c1-3-5-6-8-25-9-15-27(16-10-25)28-17-13-26(14-18-28)23-36-31-22-21-30(32(34)33(31)35)29-19-11-24(7-4-2)12-20-29/h21-22,24-29H,3-20,23H2,1-2H3. The molecule has 0 unspecified atom stereocenters. The number of benzene rings is 1. The molecule has 36 heavy (non-hydrogen) atoms. The first kappa shape index (κ1) is 27.9. The molecule has 204 valence electrons. The minimum absolute atomic E-state index is 0.111. The quantitative estimate of drug-likeness (QED) is 0.273. The summed E-state index contributed by atoms with van der Waals surface area (Å²) in [6.45, 7) is 5.05. The van der Waals surface area contributed by atoms with Gasteiger partial charge in [-0.15, -0.1) is 0 Å². The average Bonchev–Trinajstić information content (AvgIpc) is 2.91. The van der Waals surface area contributed by atoms with Gasteiger partial charge < -0.3 is 4.74 Å². The number of halogens is 2. The van der Waals surface area contributed by atoms with Crippen molar-refractivity contribution in [1.29, 1.82) is 0 Å². The summed E-state index contributed by atoms with van der Waals surface area (Å²) in [6, 6.07) is 3.49. The van der Waals surface area contributed by atoms with Crippen molar-refractivity contribution in [3.63, 3.8) is 0 Å². The van der Waals surface area contributed by atoms with Gasteiger partial charge in [-0.1, -0.05) is 71.3 Å². The average molecular weight is 503 g/mol. The Morgan fingerprint density at radius 3 is 1.83 bits per heavy atom. The second kappa shape index (κ2) is 14.1. The Hall–Kier alpha value is -1.12. The maximum Gasteiger partial charge on any atom is 0.200 e. The normalized spacial score (nSPS) is 31.3. The third-order valence-corrected chi connectivity index (χ3v) is 10.2. The monoisotopic (exact) mass is 502 g/mol. The molecule has 3 aliphatic rings. The van der Waals surface area contributed by atoms with Crippen molar-refractivity contribution in [2.24, 2.45) is 29.6 Å². The molecule has 1 nitrogen and oxygen atoms in total. The lowest BCUT2D eigenvalue weighted by Gasteiger charge is -2.38. The zero-order chi connectivity index (χ0) is 25.3. The van der Waals surface area contributed by atoms with Gasteiger partial charge in [-0.25, -0.2) is 4.39 Å². The van der Waals surface area contributed by atoms with Crippen molar-refractivity contribution < 1.29 is 13.5 Å². The van der Waals surface area contributed by atoms with E-state index in [2.05, 4.69) is 13.8 Å². The molecule has 0 heterocycles. The highest BCUT2D eigenvalue weighted by molar-refractivity contribution is 5.33. The van der Waals surface area contributed by atoms with Crippen LogP contribution in [0.25, 0.3) is 0 Å². The summed E-state index contributed by atoms with van der Waals surface area (Å²) in [6.07, 6.45) is 23.0. The van der Waals surface area contributed by atoms with Crippen LogP contribution in [0.1, 0.15) is 141 Å². The molecule has 1 aromatic rings. The van der Waals surface area contributed by atoms with Crippen LogP contribution in [0.2, 0.25) is 0 Å². The van der Waals surface area contributed by atoms with Gasteiger partial charge in [-0.3, -0.25) is 0 Å². The van der Waals surface area contributed by atoms with Crippen LogP contribution in [0.3, 0.4) is 0 Å². The zero-order valence-corrected chi connectivity index (χ0v) is 23.2. The minimum atomic E-state index is -0.771. The van der Waals surface area contributed by atoms with Crippen molar-refractivity contribution in [1.82, 2.24) is 0 Å². The molecule has 0 saturated heterocycles. The van der Waals surface area contributed by atoms with Crippen molar-refractivity contribution in [3.05, 3.63) is 29.3 Å². The molecular weight excluding hydrogens is 450 g/mol. The van der Waals surface area contributed by atoms with E-state index in [1.807, 2.05) is 0 Å². The predicted octanol–water partition coefficient (Wildman–Crippen LogP) is 10.6. The molecule has 3 fully saturated rings. The smallest absolute Gasteiger partial charge is 0.200 e. The predicted molar refractivity (Wildman–Crippen MR) is 146 cm³/mol. The van der Waals surface area contributed by atoms with E-state index in [0.29, 0.717) is 18.1 Å². The fraction of sp³-hybridized carbons (Fsp3) is 0.818. The molecule has 0 atom stereocenters. The lowest BCUT2D eigenvalue weighted by Crippen LogP contribution is -2.27. The van der Waals surface area contributed by atoms with Crippen LogP contribution in [0.4, 0.5) is 8.78 Å². The maximum atomic E-state index is 15.0. The highest BCUT2D eigenvalue weighted by Crippen LogP contribution is 2.43. The van der Waals surface area contributed by atoms with Gasteiger partial charge in [0.1, 0.15) is 0 Å². The second-order valence-corrected chi connectivity index (χ2v) is 12.7. The molecular formula is C33H52F2O. The molecule has 0 aliphatic heterocycles. The molecule has 0 amide bonds. The SMILES string of the molecule is CCCCCC1CCC(C2CCC(COc3ccc(C4CCC(CCC)CC4)c(F)c3F)CC2)CC1. The first-order valence-electron chi connectivity index (χ1n) is 15.7. The first-order valence-corrected chi connectivity index (χ1v) is 15.7.